The lowest BCUT2D eigenvalue weighted by molar-refractivity contribution is -0.137. The fourth-order valence-electron chi connectivity index (χ4n) is 3.51. The van der Waals surface area contributed by atoms with Crippen molar-refractivity contribution in [3.8, 4) is 11.3 Å². The molecule has 0 saturated carbocycles. The Morgan fingerprint density at radius 2 is 1.40 bits per heavy atom. The molecule has 0 spiro atoms. The van der Waals surface area contributed by atoms with Crippen LogP contribution in [-0.4, -0.2) is 16.7 Å². The van der Waals surface area contributed by atoms with E-state index in [1.165, 1.54) is 17.7 Å². The first-order chi connectivity index (χ1) is 14.5. The second-order valence-corrected chi connectivity index (χ2v) is 7.00. The molecular formula is C24H20F3N3. The minimum Gasteiger partial charge on any atom is -0.368 e. The number of benzene rings is 3. The number of fused-ring (bicyclic) bond motifs is 1. The van der Waals surface area contributed by atoms with Crippen molar-refractivity contribution in [2.75, 3.05) is 11.9 Å². The molecule has 1 N–H and O–H groups in total. The van der Waals surface area contributed by atoms with Crippen LogP contribution in [0.2, 0.25) is 0 Å². The minimum absolute atomic E-state index is 0.0318. The molecule has 0 bridgehead atoms. The van der Waals surface area contributed by atoms with Crippen LogP contribution < -0.4 is 5.32 Å². The van der Waals surface area contributed by atoms with E-state index in [0.717, 1.165) is 24.3 Å². The van der Waals surface area contributed by atoms with Crippen LogP contribution in [-0.2, 0) is 12.6 Å². The Labute approximate surface area is 172 Å². The topological polar surface area (TPSA) is 37.8 Å². The number of nitrogens with zero attached hydrogens (tertiary/aromatic N) is 2. The first kappa shape index (κ1) is 19.9. The summed E-state index contributed by atoms with van der Waals surface area (Å²) in [6.07, 6.45) is -2.64. The molecule has 0 fully saturated rings. The Hall–Kier alpha value is -3.41. The van der Waals surface area contributed by atoms with E-state index in [1.807, 2.05) is 30.3 Å². The van der Waals surface area contributed by atoms with Crippen molar-refractivity contribution in [2.45, 2.75) is 19.0 Å². The van der Waals surface area contributed by atoms with E-state index in [2.05, 4.69) is 27.6 Å². The number of hydrogen-bond acceptors (Lipinski definition) is 3. The lowest BCUT2D eigenvalue weighted by Crippen LogP contribution is -2.09. The molecule has 0 atom stereocenters. The van der Waals surface area contributed by atoms with Crippen molar-refractivity contribution >= 4 is 16.6 Å². The molecule has 6 heteroatoms. The van der Waals surface area contributed by atoms with Gasteiger partial charge in [-0.25, -0.2) is 0 Å². The van der Waals surface area contributed by atoms with Gasteiger partial charge in [-0.05, 0) is 24.5 Å². The molecule has 0 radical (unpaired) electrons. The van der Waals surface area contributed by atoms with Gasteiger partial charge in [0.15, 0.2) is 5.82 Å². The lowest BCUT2D eigenvalue weighted by atomic mass is 9.99. The number of hydrogen-bond donors (Lipinski definition) is 1. The van der Waals surface area contributed by atoms with Gasteiger partial charge in [-0.15, -0.1) is 10.2 Å². The summed E-state index contributed by atoms with van der Waals surface area (Å²) in [5, 5.41) is 13.1. The first-order valence-electron chi connectivity index (χ1n) is 9.74. The molecule has 0 amide bonds. The van der Waals surface area contributed by atoms with Gasteiger partial charge >= 0.3 is 6.18 Å². The number of aryl methyl sites for hydroxylation is 1. The third-order valence-corrected chi connectivity index (χ3v) is 4.95. The number of rotatable bonds is 6. The summed E-state index contributed by atoms with van der Waals surface area (Å²) in [5.74, 6) is 0.576. The van der Waals surface area contributed by atoms with Crippen LogP contribution in [0.5, 0.6) is 0 Å². The van der Waals surface area contributed by atoms with Gasteiger partial charge in [0, 0.05) is 22.9 Å². The summed E-state index contributed by atoms with van der Waals surface area (Å²) in [7, 11) is 0. The van der Waals surface area contributed by atoms with E-state index in [-0.39, 0.29) is 11.3 Å². The van der Waals surface area contributed by atoms with Gasteiger partial charge in [-0.1, -0.05) is 72.8 Å². The predicted molar refractivity (Wildman–Crippen MR) is 113 cm³/mol. The maximum Gasteiger partial charge on any atom is 0.417 e. The molecule has 0 aliphatic carbocycles. The molecule has 1 heterocycles. The number of aromatic nitrogens is 2. The van der Waals surface area contributed by atoms with Crippen molar-refractivity contribution in [2.24, 2.45) is 0 Å². The van der Waals surface area contributed by atoms with E-state index < -0.39 is 11.7 Å². The standard InChI is InChI=1S/C24H20F3N3/c25-24(26,27)21-15-7-6-14-20(21)22-18-12-4-5-13-19(18)23(30-29-22)28-16-8-11-17-9-2-1-3-10-17/h1-7,9-10,12-15H,8,11,16H2,(H,28,30). The summed E-state index contributed by atoms with van der Waals surface area (Å²) in [4.78, 5) is 0. The monoisotopic (exact) mass is 407 g/mol. The molecule has 0 unspecified atom stereocenters. The second kappa shape index (κ2) is 8.53. The van der Waals surface area contributed by atoms with E-state index >= 15 is 0 Å². The molecule has 0 saturated heterocycles. The Kier molecular flexibility index (Phi) is 5.65. The van der Waals surface area contributed by atoms with Gasteiger partial charge in [0.25, 0.3) is 0 Å². The van der Waals surface area contributed by atoms with Gasteiger partial charge in [-0.2, -0.15) is 13.2 Å². The normalized spacial score (nSPS) is 11.6. The Morgan fingerprint density at radius 3 is 2.17 bits per heavy atom. The van der Waals surface area contributed by atoms with E-state index in [4.69, 9.17) is 0 Å². The summed E-state index contributed by atoms with van der Waals surface area (Å²) in [6, 6.07) is 22.9. The van der Waals surface area contributed by atoms with Gasteiger partial charge in [0.2, 0.25) is 0 Å². The van der Waals surface area contributed by atoms with Gasteiger partial charge < -0.3 is 5.32 Å². The smallest absolute Gasteiger partial charge is 0.368 e. The van der Waals surface area contributed by atoms with E-state index in [1.54, 1.807) is 18.2 Å². The molecule has 4 rings (SSSR count). The Morgan fingerprint density at radius 1 is 0.733 bits per heavy atom. The van der Waals surface area contributed by atoms with Crippen LogP contribution in [0.1, 0.15) is 17.5 Å². The summed E-state index contributed by atoms with van der Waals surface area (Å²) < 4.78 is 40.5. The van der Waals surface area contributed by atoms with Crippen LogP contribution in [0.25, 0.3) is 22.0 Å². The highest BCUT2D eigenvalue weighted by Crippen LogP contribution is 2.39. The number of alkyl halides is 3. The Balaban J connectivity index is 1.62. The third kappa shape index (κ3) is 4.27. The molecule has 152 valence electrons. The van der Waals surface area contributed by atoms with Crippen molar-refractivity contribution in [1.82, 2.24) is 10.2 Å². The maximum absolute atomic E-state index is 13.5. The molecule has 1 aromatic heterocycles. The zero-order valence-corrected chi connectivity index (χ0v) is 16.2. The van der Waals surface area contributed by atoms with Crippen LogP contribution in [0.15, 0.2) is 78.9 Å². The fraction of sp³-hybridized carbons (Fsp3) is 0.167. The zero-order valence-electron chi connectivity index (χ0n) is 16.2. The third-order valence-electron chi connectivity index (χ3n) is 4.95. The minimum atomic E-state index is -4.46. The van der Waals surface area contributed by atoms with Crippen molar-refractivity contribution in [3.05, 3.63) is 90.0 Å². The fourth-order valence-corrected chi connectivity index (χ4v) is 3.51. The van der Waals surface area contributed by atoms with Crippen LogP contribution in [0, 0.1) is 0 Å². The molecule has 3 aromatic carbocycles. The van der Waals surface area contributed by atoms with Crippen LogP contribution >= 0.6 is 0 Å². The van der Waals surface area contributed by atoms with Crippen molar-refractivity contribution in [3.63, 3.8) is 0 Å². The largest absolute Gasteiger partial charge is 0.417 e. The van der Waals surface area contributed by atoms with Gasteiger partial charge in [-0.3, -0.25) is 0 Å². The molecule has 3 nitrogen and oxygen atoms in total. The highest BCUT2D eigenvalue weighted by Gasteiger charge is 2.34. The second-order valence-electron chi connectivity index (χ2n) is 7.00. The summed E-state index contributed by atoms with van der Waals surface area (Å²) >= 11 is 0. The lowest BCUT2D eigenvalue weighted by Gasteiger charge is -2.15. The molecule has 30 heavy (non-hydrogen) atoms. The zero-order chi connectivity index (χ0) is 21.0. The highest BCUT2D eigenvalue weighted by atomic mass is 19.4. The number of nitrogens with one attached hydrogen (secondary N) is 1. The first-order valence-corrected chi connectivity index (χ1v) is 9.74. The quantitative estimate of drug-likeness (QED) is 0.378. The summed E-state index contributed by atoms with van der Waals surface area (Å²) in [6.45, 7) is 0.687. The molecule has 0 aliphatic rings. The summed E-state index contributed by atoms with van der Waals surface area (Å²) in [5.41, 5.74) is 0.806. The maximum atomic E-state index is 13.5. The van der Waals surface area contributed by atoms with E-state index in [9.17, 15) is 13.2 Å². The highest BCUT2D eigenvalue weighted by molar-refractivity contribution is 6.00. The average molecular weight is 407 g/mol. The van der Waals surface area contributed by atoms with Gasteiger partial charge in [0.05, 0.1) is 5.56 Å². The number of anilines is 1. The van der Waals surface area contributed by atoms with Crippen molar-refractivity contribution in [1.29, 1.82) is 0 Å². The van der Waals surface area contributed by atoms with Crippen LogP contribution in [0.4, 0.5) is 19.0 Å². The molecular weight excluding hydrogens is 387 g/mol. The molecule has 4 aromatic rings. The average Bonchev–Trinajstić information content (AvgIpc) is 2.77. The Bertz CT molecular complexity index is 1140. The SMILES string of the molecule is FC(F)(F)c1ccccc1-c1nnc(NCCCc2ccccc2)c2ccccc12. The van der Waals surface area contributed by atoms with Crippen LogP contribution in [0.3, 0.4) is 0 Å². The number of halogens is 3. The predicted octanol–water partition coefficient (Wildman–Crippen LogP) is 6.36. The van der Waals surface area contributed by atoms with E-state index in [0.29, 0.717) is 17.7 Å². The van der Waals surface area contributed by atoms with Gasteiger partial charge in [0.1, 0.15) is 5.69 Å². The molecule has 0 aliphatic heterocycles. The van der Waals surface area contributed by atoms with Crippen molar-refractivity contribution < 1.29 is 13.2 Å².